The lowest BCUT2D eigenvalue weighted by molar-refractivity contribution is -0.119. The summed E-state index contributed by atoms with van der Waals surface area (Å²) in [5.74, 6) is 0.891. The Morgan fingerprint density at radius 3 is 2.54 bits per heavy atom. The summed E-state index contributed by atoms with van der Waals surface area (Å²) >= 11 is 0. The fraction of sp³-hybridized carbons (Fsp3) is 0.435. The summed E-state index contributed by atoms with van der Waals surface area (Å²) in [4.78, 5) is 17.0. The van der Waals surface area contributed by atoms with Crippen LogP contribution in [0.15, 0.2) is 48.5 Å². The first kappa shape index (κ1) is 20.2. The van der Waals surface area contributed by atoms with Crippen molar-refractivity contribution in [3.8, 4) is 11.5 Å². The third-order valence-corrected chi connectivity index (χ3v) is 5.49. The van der Waals surface area contributed by atoms with Crippen molar-refractivity contribution in [1.82, 2.24) is 4.90 Å². The maximum Gasteiger partial charge on any atom is 0.226 e. The number of benzene rings is 2. The fourth-order valence-corrected chi connectivity index (χ4v) is 3.88. The third-order valence-electron chi connectivity index (χ3n) is 5.49. The van der Waals surface area contributed by atoms with Gasteiger partial charge in [-0.05, 0) is 49.1 Å². The predicted molar refractivity (Wildman–Crippen MR) is 112 cm³/mol. The van der Waals surface area contributed by atoms with E-state index in [1.54, 1.807) is 13.2 Å². The number of anilines is 1. The smallest absolute Gasteiger partial charge is 0.226 e. The van der Waals surface area contributed by atoms with Crippen molar-refractivity contribution < 1.29 is 14.6 Å². The quantitative estimate of drug-likeness (QED) is 0.790. The van der Waals surface area contributed by atoms with Crippen LogP contribution >= 0.6 is 0 Å². The van der Waals surface area contributed by atoms with Crippen molar-refractivity contribution in [3.05, 3.63) is 54.1 Å². The minimum atomic E-state index is 0.175. The second kappa shape index (κ2) is 9.60. The molecule has 1 aliphatic rings. The molecule has 0 unspecified atom stereocenters. The summed E-state index contributed by atoms with van der Waals surface area (Å²) < 4.78 is 5.19. The van der Waals surface area contributed by atoms with E-state index in [2.05, 4.69) is 4.90 Å². The number of para-hydroxylation sites is 1. The van der Waals surface area contributed by atoms with E-state index in [0.29, 0.717) is 12.2 Å². The molecular weight excluding hydrogens is 352 g/mol. The molecular formula is C23H30N2O3. The molecule has 2 aromatic rings. The van der Waals surface area contributed by atoms with Crippen molar-refractivity contribution in [1.29, 1.82) is 0 Å². The van der Waals surface area contributed by atoms with Crippen LogP contribution in [-0.4, -0.2) is 48.7 Å². The van der Waals surface area contributed by atoms with Crippen molar-refractivity contribution in [2.45, 2.75) is 38.6 Å². The monoisotopic (exact) mass is 382 g/mol. The van der Waals surface area contributed by atoms with Crippen LogP contribution in [0.4, 0.5) is 5.69 Å². The summed E-state index contributed by atoms with van der Waals surface area (Å²) in [6, 6.07) is 15.8. The number of phenols is 1. The van der Waals surface area contributed by atoms with E-state index in [0.717, 1.165) is 50.1 Å². The fourth-order valence-electron chi connectivity index (χ4n) is 3.88. The van der Waals surface area contributed by atoms with Gasteiger partial charge in [0.05, 0.1) is 7.11 Å². The summed E-state index contributed by atoms with van der Waals surface area (Å²) in [6.45, 7) is 4.87. The highest BCUT2D eigenvalue weighted by Crippen LogP contribution is 2.27. The Hall–Kier alpha value is -2.53. The van der Waals surface area contributed by atoms with Gasteiger partial charge in [0.1, 0.15) is 0 Å². The Morgan fingerprint density at radius 1 is 1.18 bits per heavy atom. The van der Waals surface area contributed by atoms with Gasteiger partial charge in [0.2, 0.25) is 5.91 Å². The van der Waals surface area contributed by atoms with Gasteiger partial charge in [0.25, 0.3) is 0 Å². The van der Waals surface area contributed by atoms with E-state index >= 15 is 0 Å². The highest BCUT2D eigenvalue weighted by atomic mass is 16.5. The van der Waals surface area contributed by atoms with Gasteiger partial charge in [-0.3, -0.25) is 4.79 Å². The molecule has 0 atom stereocenters. The standard InChI is InChI=1S/C23H30N2O3/c1-3-23(27)25(19-7-5-4-6-8-19)20-12-15-24(16-13-20)14-11-18-9-10-21(26)22(17-18)28-2/h4-10,17,20,26H,3,11-16H2,1-2H3. The van der Waals surface area contributed by atoms with E-state index in [4.69, 9.17) is 4.74 Å². The molecule has 0 bridgehead atoms. The Kier molecular flexibility index (Phi) is 6.93. The first-order valence-electron chi connectivity index (χ1n) is 10.1. The lowest BCUT2D eigenvalue weighted by atomic mass is 10.0. The number of hydrogen-bond donors (Lipinski definition) is 1. The molecule has 0 spiro atoms. The summed E-state index contributed by atoms with van der Waals surface area (Å²) in [5.41, 5.74) is 2.16. The summed E-state index contributed by atoms with van der Waals surface area (Å²) in [7, 11) is 1.57. The lowest BCUT2D eigenvalue weighted by Crippen LogP contribution is -2.47. The molecule has 5 nitrogen and oxygen atoms in total. The van der Waals surface area contributed by atoms with Gasteiger partial charge in [0, 0.05) is 37.8 Å². The average molecular weight is 383 g/mol. The molecule has 28 heavy (non-hydrogen) atoms. The normalized spacial score (nSPS) is 15.4. The molecule has 0 saturated carbocycles. The zero-order valence-corrected chi connectivity index (χ0v) is 16.8. The molecule has 1 N–H and O–H groups in total. The number of ether oxygens (including phenoxy) is 1. The van der Waals surface area contributed by atoms with Gasteiger partial charge in [-0.1, -0.05) is 31.2 Å². The van der Waals surface area contributed by atoms with E-state index < -0.39 is 0 Å². The molecule has 1 fully saturated rings. The number of aromatic hydroxyl groups is 1. The number of amides is 1. The van der Waals surface area contributed by atoms with Crippen LogP contribution in [0.1, 0.15) is 31.7 Å². The zero-order valence-electron chi connectivity index (χ0n) is 16.8. The van der Waals surface area contributed by atoms with Crippen molar-refractivity contribution in [3.63, 3.8) is 0 Å². The summed E-state index contributed by atoms with van der Waals surface area (Å²) in [5, 5.41) is 9.72. The first-order chi connectivity index (χ1) is 13.6. The maximum absolute atomic E-state index is 12.6. The van der Waals surface area contributed by atoms with Gasteiger partial charge >= 0.3 is 0 Å². The molecule has 0 aromatic heterocycles. The number of carbonyl (C=O) groups excluding carboxylic acids is 1. The van der Waals surface area contributed by atoms with Crippen LogP contribution in [0.5, 0.6) is 11.5 Å². The van der Waals surface area contributed by atoms with Crippen molar-refractivity contribution in [2.75, 3.05) is 31.6 Å². The molecule has 1 amide bonds. The van der Waals surface area contributed by atoms with E-state index in [-0.39, 0.29) is 17.7 Å². The minimum Gasteiger partial charge on any atom is -0.504 e. The van der Waals surface area contributed by atoms with Crippen LogP contribution in [0.3, 0.4) is 0 Å². The number of carbonyl (C=O) groups is 1. The van der Waals surface area contributed by atoms with Crippen LogP contribution in [-0.2, 0) is 11.2 Å². The van der Waals surface area contributed by atoms with E-state index in [1.807, 2.05) is 54.3 Å². The van der Waals surface area contributed by atoms with E-state index in [9.17, 15) is 9.90 Å². The van der Waals surface area contributed by atoms with Gasteiger partial charge in [0.15, 0.2) is 11.5 Å². The molecule has 2 aromatic carbocycles. The molecule has 150 valence electrons. The highest BCUT2D eigenvalue weighted by Gasteiger charge is 2.28. The van der Waals surface area contributed by atoms with Gasteiger partial charge in [-0.25, -0.2) is 0 Å². The Balaban J connectivity index is 1.56. The molecule has 3 rings (SSSR count). The number of piperidine rings is 1. The average Bonchev–Trinajstić information content (AvgIpc) is 2.75. The second-order valence-electron chi connectivity index (χ2n) is 7.28. The molecule has 1 saturated heterocycles. The van der Waals surface area contributed by atoms with Crippen LogP contribution in [0.2, 0.25) is 0 Å². The van der Waals surface area contributed by atoms with Gasteiger partial charge in [-0.15, -0.1) is 0 Å². The second-order valence-corrected chi connectivity index (χ2v) is 7.28. The SMILES string of the molecule is CCC(=O)N(c1ccccc1)C1CCN(CCc2ccc(O)c(OC)c2)CC1. The topological polar surface area (TPSA) is 53.0 Å². The lowest BCUT2D eigenvalue weighted by Gasteiger charge is -2.38. The first-order valence-corrected chi connectivity index (χ1v) is 10.1. The van der Waals surface area contributed by atoms with Crippen LogP contribution < -0.4 is 9.64 Å². The predicted octanol–water partition coefficient (Wildman–Crippen LogP) is 3.85. The largest absolute Gasteiger partial charge is 0.504 e. The minimum absolute atomic E-state index is 0.175. The van der Waals surface area contributed by atoms with E-state index in [1.165, 1.54) is 0 Å². The molecule has 0 radical (unpaired) electrons. The number of phenolic OH excluding ortho intramolecular Hbond substituents is 1. The summed E-state index contributed by atoms with van der Waals surface area (Å²) in [6.07, 6.45) is 3.41. The maximum atomic E-state index is 12.6. The Morgan fingerprint density at radius 2 is 1.89 bits per heavy atom. The molecule has 1 heterocycles. The number of rotatable bonds is 7. The molecule has 5 heteroatoms. The number of likely N-dealkylation sites (tertiary alicyclic amines) is 1. The Bertz CT molecular complexity index is 771. The zero-order chi connectivity index (χ0) is 19.9. The van der Waals surface area contributed by atoms with Crippen molar-refractivity contribution >= 4 is 11.6 Å². The Labute approximate surface area is 167 Å². The van der Waals surface area contributed by atoms with Gasteiger partial charge in [-0.2, -0.15) is 0 Å². The molecule has 1 aliphatic heterocycles. The third kappa shape index (κ3) is 4.84. The number of hydrogen-bond acceptors (Lipinski definition) is 4. The molecule has 0 aliphatic carbocycles. The highest BCUT2D eigenvalue weighted by molar-refractivity contribution is 5.93. The number of nitrogens with zero attached hydrogens (tertiary/aromatic N) is 2. The number of methoxy groups -OCH3 is 1. The van der Waals surface area contributed by atoms with Gasteiger partial charge < -0.3 is 19.6 Å². The van der Waals surface area contributed by atoms with Crippen molar-refractivity contribution in [2.24, 2.45) is 0 Å². The van der Waals surface area contributed by atoms with Crippen LogP contribution in [0.25, 0.3) is 0 Å². The van der Waals surface area contributed by atoms with Crippen LogP contribution in [0, 0.1) is 0 Å².